The molecule has 83 heavy (non-hydrogen) atoms. The lowest BCUT2D eigenvalue weighted by molar-refractivity contribution is -0.870. The number of carbonyl (C=O) groups is 3. The first kappa shape index (κ1) is 79.7. The van der Waals surface area contributed by atoms with E-state index in [9.17, 15) is 19.5 Å². The highest BCUT2D eigenvalue weighted by molar-refractivity contribution is 5.71. The SMILES string of the molecule is CC/C=C\C/C=C\C/C=C\C/C=C\CCCCCCCCCCCCCCC(=O)OC(COC(=O)CCCCCCCCCCCCCCCCCCCCCCC/C=C\C/C=C\CCCCCCC)COC(OCC[N+](C)(C)C)C(=O)O. The van der Waals surface area contributed by atoms with Crippen LogP contribution < -0.4 is 0 Å². The minimum Gasteiger partial charge on any atom is -0.477 e. The van der Waals surface area contributed by atoms with Gasteiger partial charge in [-0.3, -0.25) is 9.59 Å². The molecule has 0 radical (unpaired) electrons. The van der Waals surface area contributed by atoms with Gasteiger partial charge in [0.1, 0.15) is 13.2 Å². The van der Waals surface area contributed by atoms with Crippen LogP contribution >= 0.6 is 0 Å². The van der Waals surface area contributed by atoms with E-state index in [1.807, 2.05) is 21.1 Å². The predicted molar refractivity (Wildman–Crippen MR) is 355 cm³/mol. The Morgan fingerprint density at radius 1 is 0.373 bits per heavy atom. The lowest BCUT2D eigenvalue weighted by atomic mass is 10.0. The zero-order chi connectivity index (χ0) is 60.5. The minimum atomic E-state index is -1.51. The maximum absolute atomic E-state index is 12.9. The van der Waals surface area contributed by atoms with Crippen molar-refractivity contribution in [2.45, 2.75) is 334 Å². The van der Waals surface area contributed by atoms with Crippen molar-refractivity contribution >= 4 is 17.9 Å². The van der Waals surface area contributed by atoms with Gasteiger partial charge in [-0.05, 0) is 83.5 Å². The number of unbranched alkanes of at least 4 members (excludes halogenated alkanes) is 38. The summed E-state index contributed by atoms with van der Waals surface area (Å²) in [4.78, 5) is 37.6. The Morgan fingerprint density at radius 3 is 1.02 bits per heavy atom. The van der Waals surface area contributed by atoms with Gasteiger partial charge in [-0.15, -0.1) is 0 Å². The second kappa shape index (κ2) is 64.7. The number of quaternary nitrogens is 1. The molecule has 0 aromatic rings. The van der Waals surface area contributed by atoms with E-state index in [0.717, 1.165) is 70.6 Å². The second-order valence-corrected chi connectivity index (χ2v) is 24.8. The normalized spacial score (nSPS) is 13.1. The van der Waals surface area contributed by atoms with Crippen LogP contribution in [-0.4, -0.2) is 87.4 Å². The Bertz CT molecular complexity index is 1590. The second-order valence-electron chi connectivity index (χ2n) is 24.8. The van der Waals surface area contributed by atoms with Gasteiger partial charge in [0, 0.05) is 12.8 Å². The van der Waals surface area contributed by atoms with Crippen LogP contribution in [0.1, 0.15) is 322 Å². The van der Waals surface area contributed by atoms with Crippen molar-refractivity contribution in [2.75, 3.05) is 47.5 Å². The molecule has 0 saturated heterocycles. The summed E-state index contributed by atoms with van der Waals surface area (Å²) in [7, 11) is 5.98. The Hall–Kier alpha value is -3.27. The van der Waals surface area contributed by atoms with Gasteiger partial charge in [0.15, 0.2) is 6.10 Å². The van der Waals surface area contributed by atoms with Crippen molar-refractivity contribution in [3.8, 4) is 0 Å². The number of hydrogen-bond donors (Lipinski definition) is 1. The average Bonchev–Trinajstić information content (AvgIpc) is 3.46. The summed E-state index contributed by atoms with van der Waals surface area (Å²) in [6, 6.07) is 0. The molecule has 482 valence electrons. The molecular formula is C74H134NO8+. The fourth-order valence-electron chi connectivity index (χ4n) is 10.1. The molecule has 0 aliphatic rings. The Kier molecular flexibility index (Phi) is 62.2. The Morgan fingerprint density at radius 2 is 0.687 bits per heavy atom. The summed E-state index contributed by atoms with van der Waals surface area (Å²) in [5, 5.41) is 9.74. The topological polar surface area (TPSA) is 108 Å². The zero-order valence-corrected chi connectivity index (χ0v) is 55.1. The number of nitrogens with zero attached hydrogens (tertiary/aromatic N) is 1. The van der Waals surface area contributed by atoms with E-state index in [4.69, 9.17) is 18.9 Å². The van der Waals surface area contributed by atoms with Crippen molar-refractivity contribution in [1.82, 2.24) is 0 Å². The van der Waals surface area contributed by atoms with Gasteiger partial charge in [-0.25, -0.2) is 4.79 Å². The van der Waals surface area contributed by atoms with Crippen LogP contribution in [0.5, 0.6) is 0 Å². The van der Waals surface area contributed by atoms with Crippen molar-refractivity contribution in [3.05, 3.63) is 72.9 Å². The number of hydrogen-bond acceptors (Lipinski definition) is 7. The number of ether oxygens (including phenoxy) is 4. The highest BCUT2D eigenvalue weighted by atomic mass is 16.7. The minimum absolute atomic E-state index is 0.181. The van der Waals surface area contributed by atoms with Crippen LogP contribution in [0.2, 0.25) is 0 Å². The number of carbonyl (C=O) groups excluding carboxylic acids is 2. The molecule has 0 fully saturated rings. The highest BCUT2D eigenvalue weighted by Gasteiger charge is 2.25. The monoisotopic (exact) mass is 1170 g/mol. The average molecular weight is 1170 g/mol. The van der Waals surface area contributed by atoms with Crippen molar-refractivity contribution < 1.29 is 42.9 Å². The standard InChI is InChI=1S/C74H133NO8/c1-6-8-10-12-14-16-18-20-22-24-26-28-30-32-33-34-35-36-37-38-39-41-42-44-46-48-50-52-54-56-58-60-62-64-71(76)81-68-70(69-82-74(73(78)79)80-67-66-75(3,4)5)83-72(77)65-63-61-59-57-55-53-51-49-47-45-43-40-31-29-27-25-23-21-19-17-15-13-11-9-7-2/h9,11,15,17-18,20-21,23-24,26-27,29,70,74H,6-8,10,12-14,16,19,22,25,28,30-69H2,1-5H3/p+1/b11-9-,17-15-,20-18-,23-21-,26-24-,29-27-. The molecule has 0 aromatic carbocycles. The molecule has 0 aliphatic carbocycles. The fourth-order valence-corrected chi connectivity index (χ4v) is 10.1. The van der Waals surface area contributed by atoms with Gasteiger partial charge in [-0.1, -0.05) is 299 Å². The molecule has 2 atom stereocenters. The number of allylic oxidation sites excluding steroid dienone is 12. The maximum atomic E-state index is 12.9. The number of aliphatic carboxylic acids is 1. The first-order valence-electron chi connectivity index (χ1n) is 35.1. The van der Waals surface area contributed by atoms with E-state index in [2.05, 4.69) is 86.8 Å². The number of rotatable bonds is 65. The van der Waals surface area contributed by atoms with Gasteiger partial charge < -0.3 is 28.5 Å². The summed E-state index contributed by atoms with van der Waals surface area (Å²) >= 11 is 0. The molecular weight excluding hydrogens is 1030 g/mol. The van der Waals surface area contributed by atoms with E-state index >= 15 is 0 Å². The number of carboxylic acids is 1. The molecule has 9 heteroatoms. The Balaban J connectivity index is 4.07. The third-order valence-electron chi connectivity index (χ3n) is 15.4. The summed E-state index contributed by atoms with van der Waals surface area (Å²) in [5.41, 5.74) is 0. The molecule has 1 N–H and O–H groups in total. The summed E-state index contributed by atoms with van der Waals surface area (Å²) in [5.74, 6) is -1.99. The van der Waals surface area contributed by atoms with E-state index in [-0.39, 0.29) is 32.2 Å². The largest absolute Gasteiger partial charge is 0.477 e. The highest BCUT2D eigenvalue weighted by Crippen LogP contribution is 2.18. The van der Waals surface area contributed by atoms with Gasteiger partial charge in [0.25, 0.3) is 6.29 Å². The van der Waals surface area contributed by atoms with Gasteiger partial charge in [0.2, 0.25) is 0 Å². The summed E-state index contributed by atoms with van der Waals surface area (Å²) < 4.78 is 23.0. The fraction of sp³-hybridized carbons (Fsp3) is 0.797. The maximum Gasteiger partial charge on any atom is 0.361 e. The molecule has 0 heterocycles. The molecule has 0 aromatic heterocycles. The number of carboxylic acid groups (broad SMARTS) is 1. The molecule has 0 saturated carbocycles. The smallest absolute Gasteiger partial charge is 0.361 e. The van der Waals surface area contributed by atoms with Gasteiger partial charge in [0.05, 0.1) is 34.4 Å². The number of likely N-dealkylation sites (N-methyl/N-ethyl adjacent to an activating group) is 1. The lowest BCUT2D eigenvalue weighted by Crippen LogP contribution is -2.40. The van der Waals surface area contributed by atoms with Gasteiger partial charge in [-0.2, -0.15) is 0 Å². The van der Waals surface area contributed by atoms with E-state index in [0.29, 0.717) is 17.4 Å². The van der Waals surface area contributed by atoms with E-state index in [1.54, 1.807) is 0 Å². The first-order valence-corrected chi connectivity index (χ1v) is 35.1. The van der Waals surface area contributed by atoms with Crippen LogP contribution in [0, 0.1) is 0 Å². The predicted octanol–water partition coefficient (Wildman–Crippen LogP) is 21.7. The van der Waals surface area contributed by atoms with E-state index < -0.39 is 24.3 Å². The van der Waals surface area contributed by atoms with Crippen LogP contribution in [0.4, 0.5) is 0 Å². The van der Waals surface area contributed by atoms with Crippen LogP contribution in [0.15, 0.2) is 72.9 Å². The third kappa shape index (κ3) is 66.1. The molecule has 9 nitrogen and oxygen atoms in total. The summed E-state index contributed by atoms with van der Waals surface area (Å²) in [6.07, 6.45) is 83.0. The van der Waals surface area contributed by atoms with Crippen LogP contribution in [0.3, 0.4) is 0 Å². The quantitative estimate of drug-likeness (QED) is 0.0211. The molecule has 0 spiro atoms. The Labute approximate surface area is 513 Å². The van der Waals surface area contributed by atoms with Crippen molar-refractivity contribution in [2.24, 2.45) is 0 Å². The van der Waals surface area contributed by atoms with Crippen LogP contribution in [0.25, 0.3) is 0 Å². The first-order chi connectivity index (χ1) is 40.6. The number of esters is 2. The van der Waals surface area contributed by atoms with Gasteiger partial charge >= 0.3 is 17.9 Å². The third-order valence-corrected chi connectivity index (χ3v) is 15.4. The van der Waals surface area contributed by atoms with Crippen molar-refractivity contribution in [1.29, 1.82) is 0 Å². The molecule has 2 unspecified atom stereocenters. The summed E-state index contributed by atoms with van der Waals surface area (Å²) in [6.45, 7) is 4.79. The lowest BCUT2D eigenvalue weighted by Gasteiger charge is -2.25. The van der Waals surface area contributed by atoms with E-state index in [1.165, 1.54) is 225 Å². The van der Waals surface area contributed by atoms with Crippen LogP contribution in [-0.2, 0) is 33.3 Å². The zero-order valence-electron chi connectivity index (χ0n) is 55.1. The molecule has 0 amide bonds. The molecule has 0 rings (SSSR count). The van der Waals surface area contributed by atoms with Crippen molar-refractivity contribution in [3.63, 3.8) is 0 Å². The molecule has 0 aliphatic heterocycles. The molecule has 0 bridgehead atoms.